The van der Waals surface area contributed by atoms with Gasteiger partial charge in [-0.25, -0.2) is 0 Å². The Hall–Kier alpha value is -2.74. The summed E-state index contributed by atoms with van der Waals surface area (Å²) in [6.45, 7) is 0.998. The third-order valence-corrected chi connectivity index (χ3v) is 5.25. The van der Waals surface area contributed by atoms with Crippen LogP contribution in [0.1, 0.15) is 11.1 Å². The normalized spacial score (nSPS) is 12.6. The molecule has 0 saturated carbocycles. The molecule has 1 atom stereocenters. The third-order valence-electron chi connectivity index (χ3n) is 5.01. The van der Waals surface area contributed by atoms with E-state index in [9.17, 15) is 18.3 Å². The summed E-state index contributed by atoms with van der Waals surface area (Å²) >= 11 is 5.76. The number of benzene rings is 3. The molecule has 0 aromatic heterocycles. The molecule has 0 aliphatic heterocycles. The average molecular weight is 480 g/mol. The molecule has 0 fully saturated rings. The third kappa shape index (κ3) is 7.12. The Morgan fingerprint density at radius 2 is 1.70 bits per heavy atom. The molecule has 3 rings (SSSR count). The van der Waals surface area contributed by atoms with Gasteiger partial charge in [0, 0.05) is 24.2 Å². The van der Waals surface area contributed by atoms with E-state index in [2.05, 4.69) is 0 Å². The van der Waals surface area contributed by atoms with Gasteiger partial charge in [-0.05, 0) is 48.0 Å². The van der Waals surface area contributed by atoms with Crippen molar-refractivity contribution < 1.29 is 27.8 Å². The number of likely N-dealkylation sites (N-methyl/N-ethyl adjacent to an activating group) is 1. The second kappa shape index (κ2) is 10.9. The van der Waals surface area contributed by atoms with Crippen molar-refractivity contribution in [3.8, 4) is 22.6 Å². The van der Waals surface area contributed by atoms with Crippen LogP contribution in [0.15, 0.2) is 66.7 Å². The predicted molar refractivity (Wildman–Crippen MR) is 123 cm³/mol. The summed E-state index contributed by atoms with van der Waals surface area (Å²) in [6, 6.07) is 17.8. The Morgan fingerprint density at radius 1 is 1.00 bits per heavy atom. The molecule has 8 heteroatoms. The number of rotatable bonds is 9. The fourth-order valence-corrected chi connectivity index (χ4v) is 3.64. The summed E-state index contributed by atoms with van der Waals surface area (Å²) in [7, 11) is 3.42. The van der Waals surface area contributed by atoms with E-state index in [4.69, 9.17) is 21.1 Å². The number of aliphatic hydroxyl groups excluding tert-OH is 1. The molecule has 0 spiro atoms. The van der Waals surface area contributed by atoms with Gasteiger partial charge in [-0.2, -0.15) is 13.2 Å². The van der Waals surface area contributed by atoms with Crippen LogP contribution < -0.4 is 9.47 Å². The zero-order valence-electron chi connectivity index (χ0n) is 18.3. The van der Waals surface area contributed by atoms with Crippen molar-refractivity contribution in [1.29, 1.82) is 0 Å². The van der Waals surface area contributed by atoms with E-state index in [1.807, 2.05) is 11.9 Å². The van der Waals surface area contributed by atoms with Crippen molar-refractivity contribution in [3.05, 3.63) is 82.9 Å². The Kier molecular flexibility index (Phi) is 8.24. The molecule has 3 aromatic carbocycles. The van der Waals surface area contributed by atoms with E-state index < -0.39 is 17.8 Å². The van der Waals surface area contributed by atoms with E-state index in [-0.39, 0.29) is 17.2 Å². The van der Waals surface area contributed by atoms with E-state index >= 15 is 0 Å². The lowest BCUT2D eigenvalue weighted by molar-refractivity contribution is -0.137. The highest BCUT2D eigenvalue weighted by atomic mass is 35.5. The lowest BCUT2D eigenvalue weighted by Gasteiger charge is -2.21. The van der Waals surface area contributed by atoms with Crippen molar-refractivity contribution in [2.45, 2.75) is 18.8 Å². The number of hydrogen-bond donors (Lipinski definition) is 1. The monoisotopic (exact) mass is 479 g/mol. The first kappa shape index (κ1) is 24.9. The van der Waals surface area contributed by atoms with Crippen LogP contribution >= 0.6 is 11.6 Å². The number of alkyl halides is 3. The van der Waals surface area contributed by atoms with Crippen LogP contribution in [-0.2, 0) is 12.7 Å². The molecule has 0 radical (unpaired) electrons. The zero-order valence-corrected chi connectivity index (χ0v) is 19.0. The van der Waals surface area contributed by atoms with Crippen molar-refractivity contribution in [3.63, 3.8) is 0 Å². The molecular weight excluding hydrogens is 455 g/mol. The van der Waals surface area contributed by atoms with Crippen LogP contribution in [0, 0.1) is 0 Å². The van der Waals surface area contributed by atoms with Gasteiger partial charge in [0.1, 0.15) is 24.2 Å². The molecule has 3 aromatic rings. The molecule has 1 unspecified atom stereocenters. The molecule has 4 nitrogen and oxygen atoms in total. The molecule has 176 valence electrons. The quantitative estimate of drug-likeness (QED) is 0.414. The Balaban J connectivity index is 1.57. The number of aliphatic hydroxyl groups is 1. The molecule has 0 heterocycles. The Bertz CT molecular complexity index is 1060. The first-order valence-corrected chi connectivity index (χ1v) is 10.6. The van der Waals surface area contributed by atoms with Gasteiger partial charge in [0.05, 0.1) is 12.7 Å². The number of hydrogen-bond acceptors (Lipinski definition) is 4. The van der Waals surface area contributed by atoms with Gasteiger partial charge in [-0.1, -0.05) is 48.0 Å². The predicted octanol–water partition coefficient (Wildman–Crippen LogP) is 5.91. The second-order valence-electron chi connectivity index (χ2n) is 7.73. The number of methoxy groups -OCH3 is 1. The number of ether oxygens (including phenoxy) is 2. The van der Waals surface area contributed by atoms with Gasteiger partial charge in [0.25, 0.3) is 0 Å². The highest BCUT2D eigenvalue weighted by Crippen LogP contribution is 2.38. The van der Waals surface area contributed by atoms with Crippen molar-refractivity contribution >= 4 is 11.6 Å². The highest BCUT2D eigenvalue weighted by Gasteiger charge is 2.33. The maximum Gasteiger partial charge on any atom is 0.417 e. The SMILES string of the molecule is COc1cccc(OCC(O)CN(C)Cc2ccc(-c3ccc(Cl)cc3C(F)(F)F)cc2)c1. The smallest absolute Gasteiger partial charge is 0.417 e. The first-order valence-electron chi connectivity index (χ1n) is 10.2. The fourth-order valence-electron chi connectivity index (χ4n) is 3.46. The fraction of sp³-hybridized carbons (Fsp3) is 0.280. The summed E-state index contributed by atoms with van der Waals surface area (Å²) in [6.07, 6.45) is -5.22. The standard InChI is InChI=1S/C25H25ClF3NO3/c1-30(15-20(31)16-33-22-5-3-4-21(13-22)32-2)14-17-6-8-18(9-7-17)23-11-10-19(26)12-24(23)25(27,28)29/h3-13,20,31H,14-16H2,1-2H3. The van der Waals surface area contributed by atoms with Gasteiger partial charge < -0.3 is 14.6 Å². The largest absolute Gasteiger partial charge is 0.497 e. The van der Waals surface area contributed by atoms with E-state index in [0.29, 0.717) is 30.2 Å². The van der Waals surface area contributed by atoms with Gasteiger partial charge >= 0.3 is 6.18 Å². The molecule has 0 bridgehead atoms. The summed E-state index contributed by atoms with van der Waals surface area (Å²) in [4.78, 5) is 1.91. The first-order chi connectivity index (χ1) is 15.7. The van der Waals surface area contributed by atoms with Crippen LogP contribution in [0.3, 0.4) is 0 Å². The van der Waals surface area contributed by atoms with Crippen LogP contribution in [0.5, 0.6) is 11.5 Å². The molecule has 1 N–H and O–H groups in total. The molecule has 0 saturated heterocycles. The Morgan fingerprint density at radius 3 is 2.36 bits per heavy atom. The molecule has 0 aliphatic carbocycles. The summed E-state index contributed by atoms with van der Waals surface area (Å²) in [5.74, 6) is 1.27. The minimum absolute atomic E-state index is 0.0401. The second-order valence-corrected chi connectivity index (χ2v) is 8.16. The zero-order chi connectivity index (χ0) is 24.0. The van der Waals surface area contributed by atoms with Gasteiger partial charge in [0.2, 0.25) is 0 Å². The topological polar surface area (TPSA) is 41.9 Å². The minimum atomic E-state index is -4.50. The van der Waals surface area contributed by atoms with E-state index in [1.165, 1.54) is 12.1 Å². The van der Waals surface area contributed by atoms with Gasteiger partial charge in [0.15, 0.2) is 0 Å². The molecule has 0 amide bonds. The number of halogens is 4. The lowest BCUT2D eigenvalue weighted by atomic mass is 9.98. The molecule has 33 heavy (non-hydrogen) atoms. The highest BCUT2D eigenvalue weighted by molar-refractivity contribution is 6.30. The van der Waals surface area contributed by atoms with Gasteiger partial charge in [-0.15, -0.1) is 0 Å². The number of nitrogens with zero attached hydrogens (tertiary/aromatic N) is 1. The van der Waals surface area contributed by atoms with Crippen LogP contribution in [-0.4, -0.2) is 43.4 Å². The summed E-state index contributed by atoms with van der Waals surface area (Å²) < 4.78 is 50.9. The van der Waals surface area contributed by atoms with Gasteiger partial charge in [-0.3, -0.25) is 4.90 Å². The van der Waals surface area contributed by atoms with Crippen molar-refractivity contribution in [2.24, 2.45) is 0 Å². The Labute approximate surface area is 196 Å². The molecular formula is C25H25ClF3NO3. The minimum Gasteiger partial charge on any atom is -0.497 e. The van der Waals surface area contributed by atoms with Crippen LogP contribution in [0.2, 0.25) is 5.02 Å². The van der Waals surface area contributed by atoms with Crippen LogP contribution in [0.25, 0.3) is 11.1 Å². The van der Waals surface area contributed by atoms with Crippen molar-refractivity contribution in [2.75, 3.05) is 27.3 Å². The van der Waals surface area contributed by atoms with Crippen LogP contribution in [0.4, 0.5) is 13.2 Å². The summed E-state index contributed by atoms with van der Waals surface area (Å²) in [5.41, 5.74) is 0.678. The average Bonchev–Trinajstić information content (AvgIpc) is 2.78. The molecule has 0 aliphatic rings. The maximum atomic E-state index is 13.4. The van der Waals surface area contributed by atoms with E-state index in [0.717, 1.165) is 11.6 Å². The summed E-state index contributed by atoms with van der Waals surface area (Å²) in [5, 5.41) is 10.3. The van der Waals surface area contributed by atoms with E-state index in [1.54, 1.807) is 55.6 Å². The maximum absolute atomic E-state index is 13.4. The van der Waals surface area contributed by atoms with Crippen molar-refractivity contribution in [1.82, 2.24) is 4.90 Å². The lowest BCUT2D eigenvalue weighted by Crippen LogP contribution is -2.32.